The first-order chi connectivity index (χ1) is 10.4. The number of hydrogen-bond acceptors (Lipinski definition) is 8. The molecule has 0 aliphatic carbocycles. The van der Waals surface area contributed by atoms with Crippen LogP contribution in [0.1, 0.15) is 12.8 Å². The van der Waals surface area contributed by atoms with Gasteiger partial charge in [-0.05, 0) is 0 Å². The fraction of sp³-hybridized carbons (Fsp3) is 0.667. The van der Waals surface area contributed by atoms with Crippen LogP contribution in [-0.2, 0) is 28.8 Å². The molecule has 2 rings (SSSR count). The van der Waals surface area contributed by atoms with Gasteiger partial charge in [-0.1, -0.05) is 0 Å². The minimum absolute atomic E-state index is 0.0997. The Morgan fingerprint density at radius 3 is 2.14 bits per heavy atom. The number of carbonyl (C=O) groups is 4. The van der Waals surface area contributed by atoms with E-state index in [0.717, 1.165) is 0 Å². The summed E-state index contributed by atoms with van der Waals surface area (Å²) in [5.74, 6) is -3.75. The maximum Gasteiger partial charge on any atom is 0.364 e. The molecule has 0 spiro atoms. The summed E-state index contributed by atoms with van der Waals surface area (Å²) < 4.78 is 5.04. The molecule has 2 fully saturated rings. The van der Waals surface area contributed by atoms with Gasteiger partial charge in [0.2, 0.25) is 0 Å². The lowest BCUT2D eigenvalue weighted by Crippen LogP contribution is -2.52. The Hall–Kier alpha value is -2.04. The lowest BCUT2D eigenvalue weighted by atomic mass is 10.1. The highest BCUT2D eigenvalue weighted by atomic mass is 16.7. The number of rotatable bonds is 4. The normalized spacial score (nSPS) is 21.7. The van der Waals surface area contributed by atoms with Crippen molar-refractivity contribution in [3.8, 4) is 0 Å². The molecule has 2 N–H and O–H groups in total. The van der Waals surface area contributed by atoms with E-state index in [1.165, 1.54) is 4.90 Å². The summed E-state index contributed by atoms with van der Waals surface area (Å²) in [6.45, 7) is 1.02. The fourth-order valence-electron chi connectivity index (χ4n) is 2.04. The van der Waals surface area contributed by atoms with Gasteiger partial charge in [-0.15, -0.1) is 5.06 Å². The van der Waals surface area contributed by atoms with Crippen LogP contribution in [0, 0.1) is 0 Å². The Morgan fingerprint density at radius 1 is 1.05 bits per heavy atom. The molecule has 3 amide bonds. The first-order valence-electron chi connectivity index (χ1n) is 6.72. The van der Waals surface area contributed by atoms with Gasteiger partial charge in [0.25, 0.3) is 17.7 Å². The van der Waals surface area contributed by atoms with E-state index in [9.17, 15) is 29.4 Å². The highest BCUT2D eigenvalue weighted by Crippen LogP contribution is 2.14. The summed E-state index contributed by atoms with van der Waals surface area (Å²) in [7, 11) is 0. The first-order valence-corrected chi connectivity index (χ1v) is 6.72. The van der Waals surface area contributed by atoms with Crippen molar-refractivity contribution in [3.63, 3.8) is 0 Å². The smallest absolute Gasteiger partial charge is 0.364 e. The zero-order valence-corrected chi connectivity index (χ0v) is 11.6. The summed E-state index contributed by atoms with van der Waals surface area (Å²) in [4.78, 5) is 51.8. The number of imide groups is 1. The molecule has 0 aromatic carbocycles. The number of amides is 3. The summed E-state index contributed by atoms with van der Waals surface area (Å²) >= 11 is 0. The van der Waals surface area contributed by atoms with Crippen LogP contribution >= 0.6 is 0 Å². The Labute approximate surface area is 125 Å². The predicted molar refractivity (Wildman–Crippen MR) is 66.6 cm³/mol. The van der Waals surface area contributed by atoms with Gasteiger partial charge in [0.15, 0.2) is 12.2 Å². The number of hydroxylamine groups is 2. The fourth-order valence-corrected chi connectivity index (χ4v) is 2.04. The van der Waals surface area contributed by atoms with E-state index >= 15 is 0 Å². The van der Waals surface area contributed by atoms with Crippen LogP contribution in [0.4, 0.5) is 0 Å². The highest BCUT2D eigenvalue weighted by Gasteiger charge is 2.39. The van der Waals surface area contributed by atoms with Gasteiger partial charge in [-0.25, -0.2) is 4.79 Å². The second-order valence-corrected chi connectivity index (χ2v) is 4.82. The number of carbonyl (C=O) groups excluding carboxylic acids is 4. The molecule has 122 valence electrons. The monoisotopic (exact) mass is 316 g/mol. The minimum Gasteiger partial charge on any atom is -0.380 e. The third-order valence-corrected chi connectivity index (χ3v) is 3.30. The highest BCUT2D eigenvalue weighted by molar-refractivity contribution is 6.02. The maximum atomic E-state index is 11.9. The molecule has 2 saturated heterocycles. The van der Waals surface area contributed by atoms with Crippen molar-refractivity contribution >= 4 is 23.7 Å². The lowest BCUT2D eigenvalue weighted by Gasteiger charge is -2.29. The molecule has 0 radical (unpaired) electrons. The van der Waals surface area contributed by atoms with Crippen LogP contribution in [0.2, 0.25) is 0 Å². The van der Waals surface area contributed by atoms with Crippen molar-refractivity contribution in [1.29, 1.82) is 0 Å². The van der Waals surface area contributed by atoms with E-state index in [1.807, 2.05) is 0 Å². The summed E-state index contributed by atoms with van der Waals surface area (Å²) in [6, 6.07) is 0. The van der Waals surface area contributed by atoms with Crippen molar-refractivity contribution in [2.45, 2.75) is 25.0 Å². The SMILES string of the molecule is O=C(ON1C(=O)CCC1=O)[C@H](O)[C@@H](O)C(=O)N1CCOCC1. The van der Waals surface area contributed by atoms with Gasteiger partial charge in [-0.2, -0.15) is 0 Å². The van der Waals surface area contributed by atoms with Gasteiger partial charge in [0.1, 0.15) is 0 Å². The van der Waals surface area contributed by atoms with Crippen LogP contribution in [0.3, 0.4) is 0 Å². The van der Waals surface area contributed by atoms with E-state index in [4.69, 9.17) is 4.74 Å². The lowest BCUT2D eigenvalue weighted by molar-refractivity contribution is -0.207. The van der Waals surface area contributed by atoms with Crippen LogP contribution < -0.4 is 0 Å². The van der Waals surface area contributed by atoms with Gasteiger partial charge < -0.3 is 24.7 Å². The van der Waals surface area contributed by atoms with Gasteiger partial charge in [0, 0.05) is 25.9 Å². The van der Waals surface area contributed by atoms with Crippen molar-refractivity contribution < 1.29 is 39.0 Å². The first kappa shape index (κ1) is 16.3. The third kappa shape index (κ3) is 3.40. The van der Waals surface area contributed by atoms with Crippen LogP contribution in [-0.4, -0.2) is 82.4 Å². The molecule has 2 aliphatic rings. The average molecular weight is 316 g/mol. The number of aliphatic hydroxyl groups is 2. The molecule has 10 heteroatoms. The summed E-state index contributed by atoms with van der Waals surface area (Å²) in [5, 5.41) is 19.6. The van der Waals surface area contributed by atoms with E-state index in [0.29, 0.717) is 0 Å². The molecular weight excluding hydrogens is 300 g/mol. The molecular formula is C12H16N2O8. The molecule has 10 nitrogen and oxygen atoms in total. The molecule has 2 heterocycles. The molecule has 22 heavy (non-hydrogen) atoms. The van der Waals surface area contributed by atoms with E-state index in [2.05, 4.69) is 4.84 Å². The van der Waals surface area contributed by atoms with E-state index in [1.54, 1.807) is 0 Å². The second kappa shape index (κ2) is 6.81. The summed E-state index contributed by atoms with van der Waals surface area (Å²) in [6.07, 6.45) is -4.44. The molecule has 2 atom stereocenters. The topological polar surface area (TPSA) is 134 Å². The van der Waals surface area contributed by atoms with Gasteiger partial charge >= 0.3 is 5.97 Å². The van der Waals surface area contributed by atoms with Crippen molar-refractivity contribution in [3.05, 3.63) is 0 Å². The molecule has 0 aromatic rings. The van der Waals surface area contributed by atoms with Gasteiger partial charge in [-0.3, -0.25) is 14.4 Å². The Morgan fingerprint density at radius 2 is 1.59 bits per heavy atom. The standard InChI is InChI=1S/C12H16N2O8/c15-7-1-2-8(16)14(7)22-12(20)10(18)9(17)11(19)13-3-5-21-6-4-13/h9-10,17-18H,1-6H2/t9-,10-/m1/s1. The van der Waals surface area contributed by atoms with Crippen molar-refractivity contribution in [2.24, 2.45) is 0 Å². The quantitative estimate of drug-likeness (QED) is 0.530. The van der Waals surface area contributed by atoms with Crippen LogP contribution in [0.25, 0.3) is 0 Å². The van der Waals surface area contributed by atoms with E-state index < -0.39 is 35.9 Å². The molecule has 0 bridgehead atoms. The van der Waals surface area contributed by atoms with Crippen LogP contribution in [0.5, 0.6) is 0 Å². The van der Waals surface area contributed by atoms with Crippen LogP contribution in [0.15, 0.2) is 0 Å². The molecule has 0 saturated carbocycles. The predicted octanol–water partition coefficient (Wildman–Crippen LogP) is -2.83. The third-order valence-electron chi connectivity index (χ3n) is 3.30. The number of ether oxygens (including phenoxy) is 1. The number of hydrogen-bond donors (Lipinski definition) is 2. The molecule has 0 unspecified atom stereocenters. The second-order valence-electron chi connectivity index (χ2n) is 4.82. The Bertz CT molecular complexity index is 472. The van der Waals surface area contributed by atoms with Crippen molar-refractivity contribution in [1.82, 2.24) is 9.96 Å². The minimum atomic E-state index is -2.20. The van der Waals surface area contributed by atoms with Gasteiger partial charge in [0.05, 0.1) is 13.2 Å². The molecule has 2 aliphatic heterocycles. The molecule has 0 aromatic heterocycles. The Kier molecular flexibility index (Phi) is 5.06. The average Bonchev–Trinajstić information content (AvgIpc) is 2.85. The zero-order valence-electron chi connectivity index (χ0n) is 11.6. The number of aliphatic hydroxyl groups excluding tert-OH is 2. The summed E-state index contributed by atoms with van der Waals surface area (Å²) in [5.41, 5.74) is 0. The number of nitrogens with zero attached hydrogens (tertiary/aromatic N) is 2. The largest absolute Gasteiger partial charge is 0.380 e. The maximum absolute atomic E-state index is 11.9. The Balaban J connectivity index is 1.92. The number of morpholine rings is 1. The zero-order chi connectivity index (χ0) is 16.3. The van der Waals surface area contributed by atoms with E-state index in [-0.39, 0.29) is 44.2 Å². The van der Waals surface area contributed by atoms with Crippen molar-refractivity contribution in [2.75, 3.05) is 26.3 Å².